The van der Waals surface area contributed by atoms with Gasteiger partial charge in [-0.15, -0.1) is 0 Å². The zero-order chi connectivity index (χ0) is 10.6. The van der Waals surface area contributed by atoms with Crippen molar-refractivity contribution in [3.8, 4) is 0 Å². The predicted octanol–water partition coefficient (Wildman–Crippen LogP) is 2.40. The van der Waals surface area contributed by atoms with E-state index in [0.29, 0.717) is 11.8 Å². The number of hydrogen-bond acceptors (Lipinski definition) is 2. The van der Waals surface area contributed by atoms with Crippen LogP contribution in [0.25, 0.3) is 0 Å². The van der Waals surface area contributed by atoms with Crippen LogP contribution in [0.4, 0.5) is 0 Å². The third-order valence-corrected chi connectivity index (χ3v) is 2.92. The van der Waals surface area contributed by atoms with Crippen molar-refractivity contribution in [2.75, 3.05) is 0 Å². The zero-order valence-corrected chi connectivity index (χ0v) is 9.54. The minimum Gasteiger partial charge on any atom is -0.366 e. The molecular formula is C11H24O2. The first-order valence-electron chi connectivity index (χ1n) is 5.20. The molecule has 0 aromatic carbocycles. The Labute approximate surface area is 82.0 Å². The van der Waals surface area contributed by atoms with E-state index in [-0.39, 0.29) is 5.92 Å². The molecule has 0 aliphatic heterocycles. The van der Waals surface area contributed by atoms with Gasteiger partial charge >= 0.3 is 0 Å². The highest BCUT2D eigenvalue weighted by atomic mass is 16.5. The monoisotopic (exact) mass is 188 g/mol. The van der Waals surface area contributed by atoms with E-state index in [4.69, 9.17) is 0 Å². The fraction of sp³-hybridized carbons (Fsp3) is 1.00. The summed E-state index contributed by atoms with van der Waals surface area (Å²) in [4.78, 5) is 0. The standard InChI is InChI=1S/C11H24O2/c1-8(2)6-7-9(3)10(4)11(5,12)13/h8-10,12-13H,6-7H2,1-5H3. The van der Waals surface area contributed by atoms with Gasteiger partial charge in [0.15, 0.2) is 5.79 Å². The second kappa shape index (κ2) is 4.97. The molecule has 2 nitrogen and oxygen atoms in total. The average Bonchev–Trinajstić information content (AvgIpc) is 1.96. The van der Waals surface area contributed by atoms with Gasteiger partial charge in [-0.25, -0.2) is 0 Å². The van der Waals surface area contributed by atoms with Gasteiger partial charge in [0.05, 0.1) is 0 Å². The summed E-state index contributed by atoms with van der Waals surface area (Å²) in [5.41, 5.74) is 0. The Hall–Kier alpha value is -0.0800. The van der Waals surface area contributed by atoms with E-state index in [1.165, 1.54) is 6.92 Å². The first-order chi connectivity index (χ1) is 5.75. The third kappa shape index (κ3) is 5.27. The van der Waals surface area contributed by atoms with Crippen molar-refractivity contribution >= 4 is 0 Å². The minimum absolute atomic E-state index is 0.0637. The molecule has 2 atom stereocenters. The van der Waals surface area contributed by atoms with Crippen molar-refractivity contribution in [1.29, 1.82) is 0 Å². The van der Waals surface area contributed by atoms with E-state index in [0.717, 1.165) is 12.8 Å². The molecule has 2 N–H and O–H groups in total. The molecule has 0 aromatic rings. The van der Waals surface area contributed by atoms with Crippen molar-refractivity contribution in [2.24, 2.45) is 17.8 Å². The second-order valence-corrected chi connectivity index (χ2v) is 4.83. The van der Waals surface area contributed by atoms with Gasteiger partial charge in [0.2, 0.25) is 0 Å². The van der Waals surface area contributed by atoms with Crippen LogP contribution >= 0.6 is 0 Å². The zero-order valence-electron chi connectivity index (χ0n) is 9.54. The largest absolute Gasteiger partial charge is 0.366 e. The van der Waals surface area contributed by atoms with Crippen molar-refractivity contribution in [2.45, 2.75) is 53.2 Å². The van der Waals surface area contributed by atoms with Gasteiger partial charge in [0.1, 0.15) is 0 Å². The fourth-order valence-corrected chi connectivity index (χ4v) is 1.39. The molecule has 0 heterocycles. The summed E-state index contributed by atoms with van der Waals surface area (Å²) >= 11 is 0. The molecule has 0 aliphatic rings. The van der Waals surface area contributed by atoms with Gasteiger partial charge < -0.3 is 10.2 Å². The normalized spacial score (nSPS) is 17.5. The van der Waals surface area contributed by atoms with E-state index in [1.807, 2.05) is 6.92 Å². The van der Waals surface area contributed by atoms with Crippen molar-refractivity contribution in [3.05, 3.63) is 0 Å². The van der Waals surface area contributed by atoms with Crippen LogP contribution in [-0.2, 0) is 0 Å². The molecule has 0 spiro atoms. The number of aliphatic hydroxyl groups is 2. The molecule has 0 saturated carbocycles. The molecule has 2 heteroatoms. The van der Waals surface area contributed by atoms with Crippen molar-refractivity contribution in [1.82, 2.24) is 0 Å². The van der Waals surface area contributed by atoms with E-state index < -0.39 is 5.79 Å². The SMILES string of the molecule is CC(C)CCC(C)C(C)C(C)(O)O. The molecule has 0 saturated heterocycles. The van der Waals surface area contributed by atoms with Crippen LogP contribution in [0.3, 0.4) is 0 Å². The lowest BCUT2D eigenvalue weighted by atomic mass is 9.84. The summed E-state index contributed by atoms with van der Waals surface area (Å²) < 4.78 is 0. The Morgan fingerprint density at radius 1 is 1.00 bits per heavy atom. The van der Waals surface area contributed by atoms with Gasteiger partial charge in [0.25, 0.3) is 0 Å². The van der Waals surface area contributed by atoms with Crippen LogP contribution in [0.15, 0.2) is 0 Å². The first kappa shape index (κ1) is 12.9. The van der Waals surface area contributed by atoms with Gasteiger partial charge in [-0.1, -0.05) is 40.5 Å². The molecule has 0 aliphatic carbocycles. The first-order valence-corrected chi connectivity index (χ1v) is 5.20. The van der Waals surface area contributed by atoms with Crippen LogP contribution in [0.2, 0.25) is 0 Å². The quantitative estimate of drug-likeness (QED) is 0.650. The van der Waals surface area contributed by atoms with Crippen molar-refractivity contribution < 1.29 is 10.2 Å². The summed E-state index contributed by atoms with van der Waals surface area (Å²) in [7, 11) is 0. The van der Waals surface area contributed by atoms with Crippen LogP contribution in [0.1, 0.15) is 47.5 Å². The average molecular weight is 188 g/mol. The number of rotatable bonds is 5. The summed E-state index contributed by atoms with van der Waals surface area (Å²) in [6.07, 6.45) is 2.22. The molecule has 0 radical (unpaired) electrons. The van der Waals surface area contributed by atoms with Gasteiger partial charge in [-0.05, 0) is 18.8 Å². The third-order valence-electron chi connectivity index (χ3n) is 2.92. The molecule has 0 bridgehead atoms. The smallest absolute Gasteiger partial charge is 0.162 e. The van der Waals surface area contributed by atoms with E-state index in [2.05, 4.69) is 20.8 Å². The van der Waals surface area contributed by atoms with Crippen LogP contribution in [0.5, 0.6) is 0 Å². The molecule has 2 unspecified atom stereocenters. The predicted molar refractivity (Wildman–Crippen MR) is 55.2 cm³/mol. The second-order valence-electron chi connectivity index (χ2n) is 4.83. The summed E-state index contributed by atoms with van der Waals surface area (Å²) in [5, 5.41) is 18.8. The van der Waals surface area contributed by atoms with E-state index >= 15 is 0 Å². The maximum Gasteiger partial charge on any atom is 0.162 e. The van der Waals surface area contributed by atoms with E-state index in [1.54, 1.807) is 0 Å². The Balaban J connectivity index is 3.90. The Kier molecular flexibility index (Phi) is 4.93. The lowest BCUT2D eigenvalue weighted by molar-refractivity contribution is -0.192. The molecule has 0 fully saturated rings. The van der Waals surface area contributed by atoms with Crippen LogP contribution < -0.4 is 0 Å². The Morgan fingerprint density at radius 2 is 1.46 bits per heavy atom. The topological polar surface area (TPSA) is 40.5 Å². The van der Waals surface area contributed by atoms with Gasteiger partial charge in [-0.2, -0.15) is 0 Å². The Bertz CT molecular complexity index is 136. The number of hydrogen-bond donors (Lipinski definition) is 2. The lowest BCUT2D eigenvalue weighted by Crippen LogP contribution is -2.36. The minimum atomic E-state index is -1.53. The molecule has 0 amide bonds. The highest BCUT2D eigenvalue weighted by molar-refractivity contribution is 4.72. The maximum absolute atomic E-state index is 9.38. The van der Waals surface area contributed by atoms with Gasteiger partial charge in [-0.3, -0.25) is 0 Å². The molecule has 80 valence electrons. The van der Waals surface area contributed by atoms with Gasteiger partial charge in [0, 0.05) is 5.92 Å². The van der Waals surface area contributed by atoms with Crippen molar-refractivity contribution in [3.63, 3.8) is 0 Å². The highest BCUT2D eigenvalue weighted by Crippen LogP contribution is 2.26. The Morgan fingerprint density at radius 3 is 1.77 bits per heavy atom. The molecular weight excluding hydrogens is 164 g/mol. The molecule has 0 aromatic heterocycles. The summed E-state index contributed by atoms with van der Waals surface area (Å²) in [6.45, 7) is 9.81. The fourth-order valence-electron chi connectivity index (χ4n) is 1.39. The lowest BCUT2D eigenvalue weighted by Gasteiger charge is -2.30. The maximum atomic E-state index is 9.38. The molecule has 13 heavy (non-hydrogen) atoms. The highest BCUT2D eigenvalue weighted by Gasteiger charge is 2.29. The van der Waals surface area contributed by atoms with Crippen LogP contribution in [0, 0.1) is 17.8 Å². The summed E-state index contributed by atoms with van der Waals surface area (Å²) in [5.74, 6) is -0.539. The van der Waals surface area contributed by atoms with Crippen LogP contribution in [-0.4, -0.2) is 16.0 Å². The molecule has 0 rings (SSSR count). The van der Waals surface area contributed by atoms with E-state index in [9.17, 15) is 10.2 Å². The summed E-state index contributed by atoms with van der Waals surface area (Å²) in [6, 6.07) is 0.